The third kappa shape index (κ3) is 4.70. The van der Waals surface area contributed by atoms with E-state index in [1.807, 2.05) is 12.1 Å². The molecule has 6 rings (SSSR count). The number of hydrogen-bond donors (Lipinski definition) is 0. The molecule has 0 saturated carbocycles. The van der Waals surface area contributed by atoms with E-state index in [1.54, 1.807) is 47.7 Å². The van der Waals surface area contributed by atoms with Gasteiger partial charge in [-0.05, 0) is 46.3 Å². The van der Waals surface area contributed by atoms with E-state index >= 15 is 4.39 Å². The Morgan fingerprint density at radius 2 is 1.79 bits per heavy atom. The molecule has 5 heterocycles. The fourth-order valence-corrected chi connectivity index (χ4v) is 4.46. The van der Waals surface area contributed by atoms with E-state index < -0.39 is 17.7 Å². The molecule has 0 aliphatic heterocycles. The molecule has 1 atom stereocenters. The second-order valence-corrected chi connectivity index (χ2v) is 8.93. The molecular weight excluding hydrogens is 530 g/mol. The monoisotopic (exact) mass is 546 g/mol. The van der Waals surface area contributed by atoms with Gasteiger partial charge in [-0.3, -0.25) is 14.3 Å². The molecule has 0 aliphatic carbocycles. The van der Waals surface area contributed by atoms with Gasteiger partial charge in [0.1, 0.15) is 6.33 Å². The summed E-state index contributed by atoms with van der Waals surface area (Å²) >= 11 is 6.07. The predicted molar refractivity (Wildman–Crippen MR) is 134 cm³/mol. The maximum absolute atomic E-state index is 15.3. The van der Waals surface area contributed by atoms with Crippen molar-refractivity contribution in [1.82, 2.24) is 44.8 Å². The number of nitrogens with zero attached hydrogens (tertiary/aromatic N) is 10. The third-order valence-corrected chi connectivity index (χ3v) is 6.43. The summed E-state index contributed by atoms with van der Waals surface area (Å²) in [6.07, 6.45) is 11.6. The van der Waals surface area contributed by atoms with Crippen LogP contribution in [0.1, 0.15) is 11.7 Å². The van der Waals surface area contributed by atoms with E-state index in [0.717, 1.165) is 17.3 Å². The molecule has 39 heavy (non-hydrogen) atoms. The van der Waals surface area contributed by atoms with Gasteiger partial charge in [-0.1, -0.05) is 11.6 Å². The van der Waals surface area contributed by atoms with Gasteiger partial charge >= 0.3 is 0 Å². The lowest BCUT2D eigenvalue weighted by Gasteiger charge is -2.18. The van der Waals surface area contributed by atoms with Crippen molar-refractivity contribution in [2.75, 3.05) is 0 Å². The molecule has 14 heteroatoms. The largest absolute Gasteiger partial charge is 0.618 e. The smallest absolute Gasteiger partial charge is 0.219 e. The molecule has 0 N–H and O–H groups in total. The number of benzene rings is 1. The van der Waals surface area contributed by atoms with Crippen molar-refractivity contribution >= 4 is 11.6 Å². The number of rotatable bonds is 7. The van der Waals surface area contributed by atoms with Gasteiger partial charge in [0, 0.05) is 30.2 Å². The molecule has 0 aliphatic rings. The molecule has 0 spiro atoms. The van der Waals surface area contributed by atoms with Gasteiger partial charge in [-0.15, -0.1) is 5.10 Å². The normalized spacial score (nSPS) is 12.1. The fraction of sp³-hybridized carbons (Fsp3) is 0.0800. The summed E-state index contributed by atoms with van der Waals surface area (Å²) in [6.45, 7) is 0.102. The first-order valence-corrected chi connectivity index (χ1v) is 11.9. The number of pyridine rings is 2. The Kier molecular flexibility index (Phi) is 6.25. The van der Waals surface area contributed by atoms with Crippen LogP contribution >= 0.6 is 11.6 Å². The Balaban J connectivity index is 1.43. The van der Waals surface area contributed by atoms with Crippen molar-refractivity contribution in [3.05, 3.63) is 114 Å². The lowest BCUT2D eigenvalue weighted by atomic mass is 10.0. The van der Waals surface area contributed by atoms with Crippen LogP contribution < -0.4 is 4.73 Å². The van der Waals surface area contributed by atoms with Crippen LogP contribution in [0.15, 0.2) is 86.1 Å². The first-order chi connectivity index (χ1) is 19.0. The Morgan fingerprint density at radius 3 is 2.51 bits per heavy atom. The zero-order valence-electron chi connectivity index (χ0n) is 19.9. The predicted octanol–water partition coefficient (Wildman–Crippen LogP) is 3.64. The highest BCUT2D eigenvalue weighted by Crippen LogP contribution is 2.33. The molecule has 1 unspecified atom stereocenters. The van der Waals surface area contributed by atoms with Gasteiger partial charge in [-0.25, -0.2) is 8.78 Å². The summed E-state index contributed by atoms with van der Waals surface area (Å²) in [6, 6.07) is 9.08. The zero-order chi connectivity index (χ0) is 26.9. The molecule has 6 aromatic rings. The van der Waals surface area contributed by atoms with E-state index in [4.69, 9.17) is 11.6 Å². The second kappa shape index (κ2) is 10.0. The summed E-state index contributed by atoms with van der Waals surface area (Å²) in [5.41, 5.74) is 2.56. The van der Waals surface area contributed by atoms with Crippen LogP contribution in [0.25, 0.3) is 27.9 Å². The molecule has 0 radical (unpaired) electrons. The Hall–Kier alpha value is -5.04. The minimum atomic E-state index is -0.727. The number of hydrogen-bond acceptors (Lipinski definition) is 7. The van der Waals surface area contributed by atoms with Crippen molar-refractivity contribution < 1.29 is 13.5 Å². The first kappa shape index (κ1) is 24.3. The minimum absolute atomic E-state index is 0.0516. The van der Waals surface area contributed by atoms with Crippen molar-refractivity contribution in [2.45, 2.75) is 12.6 Å². The molecular formula is C25H17ClF2N10O. The van der Waals surface area contributed by atoms with E-state index in [9.17, 15) is 9.60 Å². The number of halogens is 3. The maximum Gasteiger partial charge on any atom is 0.219 e. The van der Waals surface area contributed by atoms with Crippen LogP contribution in [0.4, 0.5) is 8.78 Å². The standard InChI is InChI=1S/C25H17ClF2N10O/c26-20-2-4-22(37-15-30-33-34-37)24(25(20)28)17-1-3-21(38(39)12-17)23(14-35-13-19(27)10-31-35)36-11-18(9-32-36)16-5-7-29-8-6-16/h1-13,15,23H,14H2. The summed E-state index contributed by atoms with van der Waals surface area (Å²) in [4.78, 5) is 4.03. The fourth-order valence-electron chi connectivity index (χ4n) is 4.31. The SMILES string of the molecule is [O-][n+]1cc(-c2c(-n3cnnn3)ccc(Cl)c2F)ccc1C(Cn1cc(F)cn1)n1cc(-c2ccncc2)cn1. The van der Waals surface area contributed by atoms with Crippen molar-refractivity contribution in [3.63, 3.8) is 0 Å². The number of tetrazole rings is 1. The highest BCUT2D eigenvalue weighted by atomic mass is 35.5. The van der Waals surface area contributed by atoms with Crippen molar-refractivity contribution in [2.24, 2.45) is 0 Å². The van der Waals surface area contributed by atoms with E-state index in [0.29, 0.717) is 10.4 Å². The Labute approximate surface area is 224 Å². The van der Waals surface area contributed by atoms with Crippen molar-refractivity contribution in [3.8, 4) is 27.9 Å². The van der Waals surface area contributed by atoms with E-state index in [2.05, 4.69) is 30.7 Å². The quantitative estimate of drug-likeness (QED) is 0.221. The molecule has 0 fully saturated rings. The van der Waals surface area contributed by atoms with Gasteiger partial charge in [-0.2, -0.15) is 19.6 Å². The zero-order valence-corrected chi connectivity index (χ0v) is 20.6. The molecule has 194 valence electrons. The van der Waals surface area contributed by atoms with E-state index in [1.165, 1.54) is 34.2 Å². The lowest BCUT2D eigenvalue weighted by molar-refractivity contribution is -0.615. The van der Waals surface area contributed by atoms with Gasteiger partial charge < -0.3 is 5.21 Å². The van der Waals surface area contributed by atoms with Crippen LogP contribution in [0.3, 0.4) is 0 Å². The Bertz CT molecular complexity index is 1750. The average Bonchev–Trinajstić information content (AvgIpc) is 3.72. The molecule has 1 aromatic carbocycles. The second-order valence-electron chi connectivity index (χ2n) is 8.52. The molecule has 0 amide bonds. The summed E-state index contributed by atoms with van der Waals surface area (Å²) in [5.74, 6) is -1.24. The molecule has 0 bridgehead atoms. The minimum Gasteiger partial charge on any atom is -0.618 e. The highest BCUT2D eigenvalue weighted by Gasteiger charge is 2.26. The highest BCUT2D eigenvalue weighted by molar-refractivity contribution is 6.31. The summed E-state index contributed by atoms with van der Waals surface area (Å²) in [5, 5.41) is 32.9. The first-order valence-electron chi connectivity index (χ1n) is 11.6. The summed E-state index contributed by atoms with van der Waals surface area (Å²) in [7, 11) is 0. The topological polar surface area (TPSA) is 119 Å². The maximum atomic E-state index is 15.3. The van der Waals surface area contributed by atoms with Crippen molar-refractivity contribution in [1.29, 1.82) is 0 Å². The van der Waals surface area contributed by atoms with Crippen LogP contribution in [0, 0.1) is 16.8 Å². The molecule has 11 nitrogen and oxygen atoms in total. The van der Waals surface area contributed by atoms with Crippen LogP contribution in [0.5, 0.6) is 0 Å². The van der Waals surface area contributed by atoms with Gasteiger partial charge in [0.25, 0.3) is 0 Å². The van der Waals surface area contributed by atoms with Gasteiger partial charge in [0.2, 0.25) is 5.69 Å². The van der Waals surface area contributed by atoms with Gasteiger partial charge in [0.05, 0.1) is 47.0 Å². The van der Waals surface area contributed by atoms with E-state index in [-0.39, 0.29) is 28.4 Å². The average molecular weight is 547 g/mol. The molecule has 5 aromatic heterocycles. The summed E-state index contributed by atoms with van der Waals surface area (Å²) < 4.78 is 33.9. The number of aromatic nitrogens is 10. The van der Waals surface area contributed by atoms with Crippen LogP contribution in [-0.4, -0.2) is 44.8 Å². The van der Waals surface area contributed by atoms with Crippen LogP contribution in [-0.2, 0) is 6.54 Å². The lowest BCUT2D eigenvalue weighted by Crippen LogP contribution is -2.37. The Morgan fingerprint density at radius 1 is 0.949 bits per heavy atom. The van der Waals surface area contributed by atoms with Gasteiger partial charge in [0.15, 0.2) is 23.9 Å². The third-order valence-electron chi connectivity index (χ3n) is 6.14. The molecule has 0 saturated heterocycles. The van der Waals surface area contributed by atoms with Crippen LogP contribution in [0.2, 0.25) is 5.02 Å².